The second-order valence-corrected chi connectivity index (χ2v) is 4.65. The largest absolute Gasteiger partial charge is 0.374 e. The van der Waals surface area contributed by atoms with E-state index in [4.69, 9.17) is 0 Å². The molecule has 0 amide bonds. The molecule has 2 aromatic rings. The Kier molecular flexibility index (Phi) is 3.56. The molecule has 1 unspecified atom stereocenters. The van der Waals surface area contributed by atoms with Crippen LogP contribution in [-0.4, -0.2) is 14.8 Å². The molecule has 2 rings (SSSR count). The number of hydrogen-bond donors (Lipinski definition) is 1. The molecule has 0 aromatic carbocycles. The molecule has 0 spiro atoms. The third-order valence-electron chi connectivity index (χ3n) is 2.29. The molecular formula is C11H16N4S. The molecular weight excluding hydrogens is 220 g/mol. The van der Waals surface area contributed by atoms with Crippen molar-refractivity contribution >= 4 is 17.0 Å². The number of aromatic nitrogens is 3. The van der Waals surface area contributed by atoms with Crippen molar-refractivity contribution in [3.63, 3.8) is 0 Å². The number of rotatable bonds is 5. The lowest BCUT2D eigenvalue weighted by Crippen LogP contribution is -2.05. The van der Waals surface area contributed by atoms with Gasteiger partial charge in [-0.2, -0.15) is 5.10 Å². The molecule has 1 N–H and O–H groups in total. The van der Waals surface area contributed by atoms with E-state index < -0.39 is 0 Å². The van der Waals surface area contributed by atoms with Gasteiger partial charge in [-0.3, -0.25) is 4.68 Å². The smallest absolute Gasteiger partial charge is 0.115 e. The summed E-state index contributed by atoms with van der Waals surface area (Å²) in [5.74, 6) is 0. The van der Waals surface area contributed by atoms with Gasteiger partial charge in [-0.15, -0.1) is 11.3 Å². The minimum absolute atomic E-state index is 0.235. The summed E-state index contributed by atoms with van der Waals surface area (Å²) in [6, 6.07) is 0.235. The highest BCUT2D eigenvalue weighted by Crippen LogP contribution is 2.20. The monoisotopic (exact) mass is 236 g/mol. The fourth-order valence-electron chi connectivity index (χ4n) is 1.55. The molecule has 86 valence electrons. The van der Waals surface area contributed by atoms with Crippen molar-refractivity contribution < 1.29 is 0 Å². The van der Waals surface area contributed by atoms with Crippen LogP contribution in [-0.2, 0) is 6.54 Å². The minimum atomic E-state index is 0.235. The number of thiazole rings is 1. The lowest BCUT2D eigenvalue weighted by atomic mass is 10.3. The number of hydrogen-bond acceptors (Lipinski definition) is 4. The Balaban J connectivity index is 1.98. The Morgan fingerprint density at radius 1 is 1.56 bits per heavy atom. The second-order valence-electron chi connectivity index (χ2n) is 3.73. The summed E-state index contributed by atoms with van der Waals surface area (Å²) in [6.07, 6.45) is 6.83. The number of anilines is 1. The van der Waals surface area contributed by atoms with Crippen LogP contribution in [0.15, 0.2) is 24.0 Å². The van der Waals surface area contributed by atoms with Gasteiger partial charge in [0.05, 0.1) is 17.9 Å². The lowest BCUT2D eigenvalue weighted by molar-refractivity contribution is 0.603. The molecule has 0 aliphatic heterocycles. The minimum Gasteiger partial charge on any atom is -0.374 e. The van der Waals surface area contributed by atoms with Crippen LogP contribution >= 0.6 is 11.3 Å². The number of nitrogens with one attached hydrogen (secondary N) is 1. The highest BCUT2D eigenvalue weighted by molar-refractivity contribution is 7.09. The Morgan fingerprint density at radius 3 is 3.12 bits per heavy atom. The van der Waals surface area contributed by atoms with E-state index in [1.54, 1.807) is 11.3 Å². The molecule has 0 bridgehead atoms. The summed E-state index contributed by atoms with van der Waals surface area (Å²) in [5, 5.41) is 10.8. The van der Waals surface area contributed by atoms with Crippen molar-refractivity contribution in [3.8, 4) is 0 Å². The van der Waals surface area contributed by atoms with E-state index in [0.29, 0.717) is 0 Å². The summed E-state index contributed by atoms with van der Waals surface area (Å²) in [4.78, 5) is 4.28. The first-order valence-corrected chi connectivity index (χ1v) is 6.36. The van der Waals surface area contributed by atoms with E-state index in [9.17, 15) is 0 Å². The predicted octanol–water partition coefficient (Wildman–Crippen LogP) is 2.92. The summed E-state index contributed by atoms with van der Waals surface area (Å²) in [5.41, 5.74) is 1.05. The van der Waals surface area contributed by atoms with Crippen molar-refractivity contribution in [1.82, 2.24) is 14.8 Å². The Bertz CT molecular complexity index is 421. The molecule has 1 atom stereocenters. The van der Waals surface area contributed by atoms with E-state index in [1.165, 1.54) is 0 Å². The second kappa shape index (κ2) is 5.12. The average molecular weight is 236 g/mol. The van der Waals surface area contributed by atoms with Crippen molar-refractivity contribution in [2.75, 3.05) is 5.32 Å². The Morgan fingerprint density at radius 2 is 2.44 bits per heavy atom. The maximum Gasteiger partial charge on any atom is 0.115 e. The molecule has 0 saturated carbocycles. The first-order valence-electron chi connectivity index (χ1n) is 5.48. The maximum absolute atomic E-state index is 4.28. The van der Waals surface area contributed by atoms with Gasteiger partial charge < -0.3 is 5.32 Å². The van der Waals surface area contributed by atoms with Gasteiger partial charge >= 0.3 is 0 Å². The van der Waals surface area contributed by atoms with E-state index in [0.717, 1.165) is 23.7 Å². The maximum atomic E-state index is 4.28. The molecule has 16 heavy (non-hydrogen) atoms. The summed E-state index contributed by atoms with van der Waals surface area (Å²) < 4.78 is 1.96. The van der Waals surface area contributed by atoms with Crippen LogP contribution in [0.4, 0.5) is 5.69 Å². The van der Waals surface area contributed by atoms with E-state index in [-0.39, 0.29) is 6.04 Å². The zero-order valence-electron chi connectivity index (χ0n) is 9.55. The Hall–Kier alpha value is -1.36. The number of nitrogens with zero attached hydrogens (tertiary/aromatic N) is 3. The molecule has 2 aromatic heterocycles. The first-order chi connectivity index (χ1) is 7.79. The van der Waals surface area contributed by atoms with Crippen LogP contribution in [0.25, 0.3) is 0 Å². The molecule has 2 heterocycles. The zero-order chi connectivity index (χ0) is 11.4. The SMILES string of the molecule is CCCn1cc(NC(C)c2nccs2)cn1. The average Bonchev–Trinajstić information content (AvgIpc) is 2.89. The van der Waals surface area contributed by atoms with Crippen LogP contribution < -0.4 is 5.32 Å². The fourth-order valence-corrected chi connectivity index (χ4v) is 2.20. The summed E-state index contributed by atoms with van der Waals surface area (Å²) in [6.45, 7) is 5.22. The molecule has 4 nitrogen and oxygen atoms in total. The highest BCUT2D eigenvalue weighted by atomic mass is 32.1. The van der Waals surface area contributed by atoms with Gasteiger partial charge in [-0.1, -0.05) is 6.92 Å². The first kappa shape index (κ1) is 11.1. The molecule has 0 fully saturated rings. The van der Waals surface area contributed by atoms with Gasteiger partial charge in [0.2, 0.25) is 0 Å². The topological polar surface area (TPSA) is 42.7 Å². The molecule has 0 aliphatic rings. The van der Waals surface area contributed by atoms with Crippen LogP contribution in [0.3, 0.4) is 0 Å². The lowest BCUT2D eigenvalue weighted by Gasteiger charge is -2.09. The fraction of sp³-hybridized carbons (Fsp3) is 0.455. The van der Waals surface area contributed by atoms with Crippen molar-refractivity contribution in [2.45, 2.75) is 32.9 Å². The molecule has 0 saturated heterocycles. The van der Waals surface area contributed by atoms with Crippen LogP contribution in [0.5, 0.6) is 0 Å². The summed E-state index contributed by atoms with van der Waals surface area (Å²) in [7, 11) is 0. The van der Waals surface area contributed by atoms with Gasteiger partial charge in [0.15, 0.2) is 0 Å². The van der Waals surface area contributed by atoms with Crippen molar-refractivity contribution in [2.24, 2.45) is 0 Å². The van der Waals surface area contributed by atoms with Crippen LogP contribution in [0.1, 0.15) is 31.3 Å². The van der Waals surface area contributed by atoms with Gasteiger partial charge in [0, 0.05) is 24.3 Å². The van der Waals surface area contributed by atoms with Crippen LogP contribution in [0, 0.1) is 0 Å². The van der Waals surface area contributed by atoms with E-state index in [1.807, 2.05) is 28.7 Å². The molecule has 0 aliphatic carbocycles. The molecule has 5 heteroatoms. The van der Waals surface area contributed by atoms with E-state index in [2.05, 4.69) is 29.2 Å². The quantitative estimate of drug-likeness (QED) is 0.868. The van der Waals surface area contributed by atoms with Gasteiger partial charge in [0.25, 0.3) is 0 Å². The third-order valence-corrected chi connectivity index (χ3v) is 3.25. The van der Waals surface area contributed by atoms with Crippen molar-refractivity contribution in [3.05, 3.63) is 29.0 Å². The third kappa shape index (κ3) is 2.61. The predicted molar refractivity (Wildman–Crippen MR) is 66.7 cm³/mol. The molecule has 0 radical (unpaired) electrons. The van der Waals surface area contributed by atoms with Crippen LogP contribution in [0.2, 0.25) is 0 Å². The Labute approximate surface area is 99.3 Å². The number of aryl methyl sites for hydroxylation is 1. The van der Waals surface area contributed by atoms with Gasteiger partial charge in [-0.05, 0) is 13.3 Å². The zero-order valence-corrected chi connectivity index (χ0v) is 10.4. The van der Waals surface area contributed by atoms with Gasteiger partial charge in [-0.25, -0.2) is 4.98 Å². The highest BCUT2D eigenvalue weighted by Gasteiger charge is 2.08. The normalized spacial score (nSPS) is 12.6. The van der Waals surface area contributed by atoms with Gasteiger partial charge in [0.1, 0.15) is 5.01 Å². The standard InChI is InChI=1S/C11H16N4S/c1-3-5-15-8-10(7-13-15)14-9(2)11-12-4-6-16-11/h4,6-9,14H,3,5H2,1-2H3. The van der Waals surface area contributed by atoms with E-state index >= 15 is 0 Å². The summed E-state index contributed by atoms with van der Waals surface area (Å²) >= 11 is 1.67. The van der Waals surface area contributed by atoms with Crippen molar-refractivity contribution in [1.29, 1.82) is 0 Å².